The lowest BCUT2D eigenvalue weighted by Gasteiger charge is -2.33. The third-order valence-corrected chi connectivity index (χ3v) is 4.12. The monoisotopic (exact) mass is 310 g/mol. The molecule has 1 aromatic heterocycles. The fourth-order valence-corrected chi connectivity index (χ4v) is 2.96. The number of hydrogen-bond acceptors (Lipinski definition) is 5. The van der Waals surface area contributed by atoms with Crippen molar-refractivity contribution in [2.45, 2.75) is 46.1 Å². The fraction of sp³-hybridized carbons (Fsp3) is 0.667. The molecule has 1 unspecified atom stereocenters. The third-order valence-electron chi connectivity index (χ3n) is 3.30. The molecule has 1 aliphatic heterocycles. The van der Waals surface area contributed by atoms with Crippen LogP contribution in [0.3, 0.4) is 0 Å². The SMILES string of the molecule is Cc1nc(CC2CN(C(=O)OC(C)(C)C)CCC2=O)cs1. The van der Waals surface area contributed by atoms with E-state index in [0.29, 0.717) is 25.9 Å². The molecule has 0 N–H and O–H groups in total. The number of ketones is 1. The highest BCUT2D eigenvalue weighted by Crippen LogP contribution is 2.21. The summed E-state index contributed by atoms with van der Waals surface area (Å²) in [5, 5.41) is 2.98. The van der Waals surface area contributed by atoms with Gasteiger partial charge in [0, 0.05) is 37.2 Å². The first-order chi connectivity index (χ1) is 9.74. The van der Waals surface area contributed by atoms with Crippen LogP contribution in [0.5, 0.6) is 0 Å². The van der Waals surface area contributed by atoms with Crippen molar-refractivity contribution < 1.29 is 14.3 Å². The fourth-order valence-electron chi connectivity index (χ4n) is 2.33. The van der Waals surface area contributed by atoms with E-state index in [1.807, 2.05) is 33.1 Å². The predicted molar refractivity (Wildman–Crippen MR) is 81.5 cm³/mol. The number of thiazole rings is 1. The Hall–Kier alpha value is -1.43. The molecule has 6 heteroatoms. The first-order valence-electron chi connectivity index (χ1n) is 7.16. The molecule has 1 saturated heterocycles. The maximum absolute atomic E-state index is 12.1. The van der Waals surface area contributed by atoms with Crippen LogP contribution >= 0.6 is 11.3 Å². The molecule has 0 bridgehead atoms. The first-order valence-corrected chi connectivity index (χ1v) is 8.04. The summed E-state index contributed by atoms with van der Waals surface area (Å²) < 4.78 is 5.38. The molecule has 21 heavy (non-hydrogen) atoms. The molecular weight excluding hydrogens is 288 g/mol. The van der Waals surface area contributed by atoms with Crippen molar-refractivity contribution in [3.05, 3.63) is 16.1 Å². The van der Waals surface area contributed by atoms with Crippen molar-refractivity contribution in [1.29, 1.82) is 0 Å². The molecule has 1 fully saturated rings. The second kappa shape index (κ2) is 6.13. The number of ether oxygens (including phenoxy) is 1. The first kappa shape index (κ1) is 15.9. The van der Waals surface area contributed by atoms with E-state index in [1.165, 1.54) is 0 Å². The molecule has 2 rings (SSSR count). The smallest absolute Gasteiger partial charge is 0.410 e. The van der Waals surface area contributed by atoms with Gasteiger partial charge in [-0.05, 0) is 27.7 Å². The van der Waals surface area contributed by atoms with E-state index in [0.717, 1.165) is 10.7 Å². The lowest BCUT2D eigenvalue weighted by Crippen LogP contribution is -2.46. The second-order valence-electron chi connectivity index (χ2n) is 6.40. The van der Waals surface area contributed by atoms with Crippen LogP contribution in [-0.4, -0.2) is 40.5 Å². The average molecular weight is 310 g/mol. The summed E-state index contributed by atoms with van der Waals surface area (Å²) in [4.78, 5) is 30.2. The number of carbonyl (C=O) groups excluding carboxylic acids is 2. The Morgan fingerprint density at radius 3 is 2.81 bits per heavy atom. The number of hydrogen-bond donors (Lipinski definition) is 0. The lowest BCUT2D eigenvalue weighted by atomic mass is 9.92. The Labute approximate surface area is 129 Å². The van der Waals surface area contributed by atoms with Crippen LogP contribution in [0.2, 0.25) is 0 Å². The Balaban J connectivity index is 1.99. The minimum absolute atomic E-state index is 0.173. The van der Waals surface area contributed by atoms with Crippen molar-refractivity contribution in [2.75, 3.05) is 13.1 Å². The van der Waals surface area contributed by atoms with Gasteiger partial charge in [-0.15, -0.1) is 11.3 Å². The highest BCUT2D eigenvalue weighted by Gasteiger charge is 2.32. The van der Waals surface area contributed by atoms with Gasteiger partial charge in [0.1, 0.15) is 11.4 Å². The quantitative estimate of drug-likeness (QED) is 0.843. The van der Waals surface area contributed by atoms with Gasteiger partial charge < -0.3 is 9.64 Å². The van der Waals surface area contributed by atoms with Crippen LogP contribution in [0.15, 0.2) is 5.38 Å². The van der Waals surface area contributed by atoms with Gasteiger partial charge in [0.15, 0.2) is 0 Å². The number of carbonyl (C=O) groups is 2. The maximum atomic E-state index is 12.1. The number of piperidine rings is 1. The molecule has 1 atom stereocenters. The summed E-state index contributed by atoms with van der Waals surface area (Å²) in [6.07, 6.45) is 0.657. The van der Waals surface area contributed by atoms with Gasteiger partial charge >= 0.3 is 6.09 Å². The molecule has 1 aliphatic rings. The molecule has 0 saturated carbocycles. The van der Waals surface area contributed by atoms with Crippen LogP contribution in [0.1, 0.15) is 37.9 Å². The number of aryl methyl sites for hydroxylation is 1. The van der Waals surface area contributed by atoms with E-state index >= 15 is 0 Å². The number of aromatic nitrogens is 1. The van der Waals surface area contributed by atoms with E-state index in [9.17, 15) is 9.59 Å². The highest BCUT2D eigenvalue weighted by atomic mass is 32.1. The molecule has 1 aromatic rings. The summed E-state index contributed by atoms with van der Waals surface area (Å²) in [6.45, 7) is 8.34. The predicted octanol–water partition coefficient (Wildman–Crippen LogP) is 2.82. The molecule has 0 aromatic carbocycles. The summed E-state index contributed by atoms with van der Waals surface area (Å²) in [6, 6.07) is 0. The zero-order valence-corrected chi connectivity index (χ0v) is 13.8. The van der Waals surface area contributed by atoms with Crippen molar-refractivity contribution in [3.8, 4) is 0 Å². The van der Waals surface area contributed by atoms with Crippen LogP contribution in [0, 0.1) is 12.8 Å². The summed E-state index contributed by atoms with van der Waals surface area (Å²) >= 11 is 1.58. The minimum atomic E-state index is -0.514. The largest absolute Gasteiger partial charge is 0.444 e. The Morgan fingerprint density at radius 1 is 1.52 bits per heavy atom. The normalized spacial score (nSPS) is 19.7. The zero-order chi connectivity index (χ0) is 15.6. The number of nitrogens with zero attached hydrogens (tertiary/aromatic N) is 2. The van der Waals surface area contributed by atoms with Crippen LogP contribution in [-0.2, 0) is 16.0 Å². The van der Waals surface area contributed by atoms with E-state index in [4.69, 9.17) is 4.74 Å². The Bertz CT molecular complexity index is 533. The number of amides is 1. The van der Waals surface area contributed by atoms with Gasteiger partial charge in [-0.25, -0.2) is 9.78 Å². The Kier molecular flexibility index (Phi) is 4.66. The molecule has 1 amide bonds. The molecule has 2 heterocycles. The molecule has 116 valence electrons. The van der Waals surface area contributed by atoms with E-state index in [2.05, 4.69) is 4.98 Å². The topological polar surface area (TPSA) is 59.5 Å². The molecule has 0 aliphatic carbocycles. The van der Waals surface area contributed by atoms with Crippen molar-refractivity contribution in [2.24, 2.45) is 5.92 Å². The van der Waals surface area contributed by atoms with Gasteiger partial charge in [0.05, 0.1) is 10.7 Å². The highest BCUT2D eigenvalue weighted by molar-refractivity contribution is 7.09. The molecule has 0 radical (unpaired) electrons. The van der Waals surface area contributed by atoms with Crippen LogP contribution in [0.25, 0.3) is 0 Å². The van der Waals surface area contributed by atoms with Crippen molar-refractivity contribution >= 4 is 23.2 Å². The Morgan fingerprint density at radius 2 is 2.24 bits per heavy atom. The van der Waals surface area contributed by atoms with Crippen LogP contribution in [0.4, 0.5) is 4.79 Å². The zero-order valence-electron chi connectivity index (χ0n) is 13.0. The standard InChI is InChI=1S/C15H22N2O3S/c1-10-16-12(9-21-10)7-11-8-17(6-5-13(11)18)14(19)20-15(2,3)4/h9,11H,5-8H2,1-4H3. The molecule has 5 nitrogen and oxygen atoms in total. The summed E-state index contributed by atoms with van der Waals surface area (Å²) in [5.41, 5.74) is 0.418. The maximum Gasteiger partial charge on any atom is 0.410 e. The van der Waals surface area contributed by atoms with Gasteiger partial charge in [-0.1, -0.05) is 0 Å². The summed E-state index contributed by atoms with van der Waals surface area (Å²) in [5.74, 6) is 0.0354. The average Bonchev–Trinajstić information content (AvgIpc) is 2.75. The van der Waals surface area contributed by atoms with E-state index in [-0.39, 0.29) is 17.8 Å². The number of likely N-dealkylation sites (tertiary alicyclic amines) is 1. The van der Waals surface area contributed by atoms with Crippen LogP contribution < -0.4 is 0 Å². The van der Waals surface area contributed by atoms with Crippen molar-refractivity contribution in [3.63, 3.8) is 0 Å². The van der Waals surface area contributed by atoms with Gasteiger partial charge in [-0.3, -0.25) is 4.79 Å². The minimum Gasteiger partial charge on any atom is -0.444 e. The second-order valence-corrected chi connectivity index (χ2v) is 7.46. The number of Topliss-reactive ketones (excluding diaryl/α,β-unsaturated/α-hetero) is 1. The van der Waals surface area contributed by atoms with Gasteiger partial charge in [0.2, 0.25) is 0 Å². The lowest BCUT2D eigenvalue weighted by molar-refractivity contribution is -0.125. The van der Waals surface area contributed by atoms with E-state index in [1.54, 1.807) is 16.2 Å². The summed E-state index contributed by atoms with van der Waals surface area (Å²) in [7, 11) is 0. The van der Waals surface area contributed by atoms with E-state index < -0.39 is 5.60 Å². The van der Waals surface area contributed by atoms with Gasteiger partial charge in [-0.2, -0.15) is 0 Å². The molecule has 0 spiro atoms. The van der Waals surface area contributed by atoms with Crippen molar-refractivity contribution in [1.82, 2.24) is 9.88 Å². The van der Waals surface area contributed by atoms with Gasteiger partial charge in [0.25, 0.3) is 0 Å². The number of rotatable bonds is 2. The third kappa shape index (κ3) is 4.52. The molecular formula is C15H22N2O3S.